The first-order valence-corrected chi connectivity index (χ1v) is 23.8. The minimum Gasteiger partial charge on any atom is -0.444 e. The number of aryl methyl sites for hydroxylation is 2. The molecule has 16 nitrogen and oxygen atoms in total. The van der Waals surface area contributed by atoms with Gasteiger partial charge in [-0.15, -0.1) is 32.9 Å². The topological polar surface area (TPSA) is 163 Å². The number of nitrogens with one attached hydrogen (secondary N) is 1. The maximum atomic E-state index is 13.3. The number of alkyl carbamates (subject to hydrolysis) is 1. The molecule has 8 aromatic rings. The highest BCUT2D eigenvalue weighted by atomic mass is 32.1. The molecular formula is C47H52F2N14O2S2. The summed E-state index contributed by atoms with van der Waals surface area (Å²) >= 11 is 3.04. The van der Waals surface area contributed by atoms with Crippen LogP contribution >= 0.6 is 22.7 Å². The first kappa shape index (κ1) is 45.4. The molecule has 2 fully saturated rings. The number of halogens is 2. The minimum atomic E-state index is -0.530. The number of hydrogen-bond donors (Lipinski definition) is 2. The van der Waals surface area contributed by atoms with E-state index in [0.29, 0.717) is 13.1 Å². The highest BCUT2D eigenvalue weighted by Crippen LogP contribution is 2.36. The third-order valence-electron chi connectivity index (χ3n) is 11.3. The summed E-state index contributed by atoms with van der Waals surface area (Å²) in [6, 6.07) is 20.8. The number of amides is 1. The van der Waals surface area contributed by atoms with Crippen molar-refractivity contribution in [3.8, 4) is 22.5 Å². The fourth-order valence-corrected chi connectivity index (χ4v) is 9.46. The third kappa shape index (κ3) is 9.59. The normalized spacial score (nSPS) is 14.2. The number of imidazole rings is 2. The summed E-state index contributed by atoms with van der Waals surface area (Å²) in [6.07, 6.45) is 1.11. The van der Waals surface area contributed by atoms with Gasteiger partial charge in [-0.2, -0.15) is 9.03 Å². The Labute approximate surface area is 394 Å². The lowest BCUT2D eigenvalue weighted by Gasteiger charge is -2.40. The Balaban J connectivity index is 0.000000171. The SMILES string of the molecule is CCc1nc2ccc(N3CC(N)C3)nn2c1N(C)c1nc(-c2ccc(F)cc2)cs1.CCc1nc2ccc(N3CC(NC(=O)OC(C)(C)C)C3)nn2c1N(C)c1nc(-c2ccc(F)cc2)cs1. The van der Waals surface area contributed by atoms with Crippen LogP contribution in [0.15, 0.2) is 83.6 Å². The molecule has 2 aliphatic rings. The Morgan fingerprint density at radius 2 is 1.13 bits per heavy atom. The molecule has 0 radical (unpaired) electrons. The Kier molecular flexibility index (Phi) is 12.5. The molecule has 67 heavy (non-hydrogen) atoms. The molecule has 6 aromatic heterocycles. The van der Waals surface area contributed by atoms with Crippen molar-refractivity contribution < 1.29 is 18.3 Å². The van der Waals surface area contributed by atoms with Crippen molar-refractivity contribution in [3.63, 3.8) is 0 Å². The first-order valence-electron chi connectivity index (χ1n) is 22.1. The molecule has 3 N–H and O–H groups in total. The van der Waals surface area contributed by atoms with E-state index < -0.39 is 11.7 Å². The van der Waals surface area contributed by atoms with Crippen molar-refractivity contribution in [2.24, 2.45) is 5.73 Å². The maximum Gasteiger partial charge on any atom is 0.407 e. The molecule has 0 spiro atoms. The van der Waals surface area contributed by atoms with Gasteiger partial charge in [-0.25, -0.2) is 33.5 Å². The summed E-state index contributed by atoms with van der Waals surface area (Å²) in [4.78, 5) is 39.5. The average molecular weight is 947 g/mol. The second kappa shape index (κ2) is 18.5. The number of nitrogens with zero attached hydrogens (tertiary/aromatic N) is 12. The fraction of sp³-hybridized carbons (Fsp3) is 0.340. The van der Waals surface area contributed by atoms with Gasteiger partial charge in [0, 0.05) is 68.2 Å². The zero-order valence-corrected chi connectivity index (χ0v) is 39.9. The molecule has 8 heterocycles. The summed E-state index contributed by atoms with van der Waals surface area (Å²) in [7, 11) is 3.93. The van der Waals surface area contributed by atoms with Crippen LogP contribution in [-0.2, 0) is 17.6 Å². The largest absolute Gasteiger partial charge is 0.444 e. The predicted octanol–water partition coefficient (Wildman–Crippen LogP) is 8.51. The highest BCUT2D eigenvalue weighted by Gasteiger charge is 2.32. The molecule has 0 saturated carbocycles. The van der Waals surface area contributed by atoms with E-state index in [1.54, 1.807) is 24.3 Å². The Morgan fingerprint density at radius 1 is 0.701 bits per heavy atom. The molecule has 2 aliphatic heterocycles. The predicted molar refractivity (Wildman–Crippen MR) is 261 cm³/mol. The van der Waals surface area contributed by atoms with Gasteiger partial charge in [0.1, 0.15) is 28.9 Å². The van der Waals surface area contributed by atoms with Crippen LogP contribution in [0.2, 0.25) is 0 Å². The molecular weight excluding hydrogens is 895 g/mol. The number of ether oxygens (including phenoxy) is 1. The van der Waals surface area contributed by atoms with Gasteiger partial charge in [-0.1, -0.05) is 13.8 Å². The van der Waals surface area contributed by atoms with E-state index in [2.05, 4.69) is 29.0 Å². The van der Waals surface area contributed by atoms with Crippen LogP contribution in [-0.4, -0.2) is 103 Å². The van der Waals surface area contributed by atoms with Crippen molar-refractivity contribution in [2.75, 3.05) is 59.9 Å². The summed E-state index contributed by atoms with van der Waals surface area (Å²) in [6.45, 7) is 12.6. The van der Waals surface area contributed by atoms with Gasteiger partial charge >= 0.3 is 6.09 Å². The van der Waals surface area contributed by atoms with Crippen LogP contribution in [0.1, 0.15) is 46.0 Å². The molecule has 0 bridgehead atoms. The molecule has 0 aliphatic carbocycles. The molecule has 0 atom stereocenters. The van der Waals surface area contributed by atoms with Crippen molar-refractivity contribution in [3.05, 3.63) is 107 Å². The van der Waals surface area contributed by atoms with Gasteiger partial charge in [0.25, 0.3) is 0 Å². The van der Waals surface area contributed by atoms with E-state index >= 15 is 0 Å². The molecule has 1 amide bonds. The second-order valence-corrected chi connectivity index (χ2v) is 19.1. The van der Waals surface area contributed by atoms with E-state index in [4.69, 9.17) is 40.6 Å². The number of fused-ring (bicyclic) bond motifs is 2. The number of carbonyl (C=O) groups excluding carboxylic acids is 1. The monoisotopic (exact) mass is 946 g/mol. The molecule has 10 rings (SSSR count). The summed E-state index contributed by atoms with van der Waals surface area (Å²) < 4.78 is 35.7. The van der Waals surface area contributed by atoms with Crippen LogP contribution < -0.4 is 30.7 Å². The molecule has 20 heteroatoms. The quantitative estimate of drug-likeness (QED) is 0.127. The van der Waals surface area contributed by atoms with Crippen LogP contribution in [0.5, 0.6) is 0 Å². The van der Waals surface area contributed by atoms with Crippen molar-refractivity contribution >= 4 is 73.6 Å². The second-order valence-electron chi connectivity index (χ2n) is 17.5. The number of hydrogen-bond acceptors (Lipinski definition) is 15. The number of thiazole rings is 2. The molecule has 0 unspecified atom stereocenters. The number of benzene rings is 2. The van der Waals surface area contributed by atoms with E-state index in [-0.39, 0.29) is 23.7 Å². The minimum absolute atomic E-state index is 0.00341. The lowest BCUT2D eigenvalue weighted by Crippen LogP contribution is -2.60. The zero-order valence-electron chi connectivity index (χ0n) is 38.3. The Hall–Kier alpha value is -6.77. The Bertz CT molecular complexity index is 3020. The Morgan fingerprint density at radius 3 is 1.54 bits per heavy atom. The highest BCUT2D eigenvalue weighted by molar-refractivity contribution is 7.14. The van der Waals surface area contributed by atoms with Crippen molar-refractivity contribution in [1.29, 1.82) is 0 Å². The number of rotatable bonds is 11. The molecule has 2 saturated heterocycles. The molecule has 348 valence electrons. The number of carbonyl (C=O) groups is 1. The lowest BCUT2D eigenvalue weighted by atomic mass is 10.1. The summed E-state index contributed by atoms with van der Waals surface area (Å²) in [5.74, 6) is 2.92. The van der Waals surface area contributed by atoms with E-state index in [1.807, 2.05) is 88.7 Å². The van der Waals surface area contributed by atoms with E-state index in [9.17, 15) is 13.6 Å². The first-order chi connectivity index (χ1) is 32.1. The van der Waals surface area contributed by atoms with Crippen LogP contribution in [0.3, 0.4) is 0 Å². The van der Waals surface area contributed by atoms with Crippen LogP contribution in [0, 0.1) is 11.6 Å². The fourth-order valence-electron chi connectivity index (χ4n) is 7.85. The maximum absolute atomic E-state index is 13.3. The van der Waals surface area contributed by atoms with Gasteiger partial charge in [-0.3, -0.25) is 0 Å². The summed E-state index contributed by atoms with van der Waals surface area (Å²) in [5.41, 5.74) is 12.2. The number of aromatic nitrogens is 8. The van der Waals surface area contributed by atoms with E-state index in [0.717, 1.165) is 105 Å². The van der Waals surface area contributed by atoms with Crippen molar-refractivity contribution in [2.45, 2.75) is 65.1 Å². The van der Waals surface area contributed by atoms with Crippen LogP contribution in [0.25, 0.3) is 33.8 Å². The zero-order chi connectivity index (χ0) is 47.1. The van der Waals surface area contributed by atoms with Crippen molar-refractivity contribution in [1.82, 2.24) is 44.5 Å². The van der Waals surface area contributed by atoms with Gasteiger partial charge in [-0.05, 0) is 106 Å². The third-order valence-corrected chi connectivity index (χ3v) is 13.2. The van der Waals surface area contributed by atoms with E-state index in [1.165, 1.54) is 46.9 Å². The van der Waals surface area contributed by atoms with Gasteiger partial charge in [0.2, 0.25) is 0 Å². The number of nitrogens with two attached hydrogens (primary N) is 1. The van der Waals surface area contributed by atoms with Crippen LogP contribution in [0.4, 0.5) is 47.1 Å². The average Bonchev–Trinajstić information content (AvgIpc) is 4.11. The number of anilines is 6. The standard InChI is InChI=1S/C26H30FN7O2S.C21H22FN7S/c1-6-19-23(32(5)24-30-20(15-37-24)16-7-9-17(27)10-8-16)34-21(29-19)11-12-22(31-34)33-13-18(14-33)28-25(35)36-26(2,3)4;1-3-16-20(29-18(24-16)8-9-19(26-29)28-10-15(23)11-28)27(2)21-25-17(12-30-21)13-4-6-14(22)7-5-13/h7-12,15,18H,6,13-14H2,1-5H3,(H,28,35);4-9,12,15H,3,10-11,23H2,1-2H3. The lowest BCUT2D eigenvalue weighted by molar-refractivity contribution is 0.0496. The van der Waals surface area contributed by atoms with Gasteiger partial charge in [0.05, 0.1) is 28.8 Å². The summed E-state index contributed by atoms with van der Waals surface area (Å²) in [5, 5.41) is 18.2. The molecule has 2 aromatic carbocycles. The van der Waals surface area contributed by atoms with Gasteiger partial charge in [0.15, 0.2) is 33.2 Å². The smallest absolute Gasteiger partial charge is 0.407 e. The van der Waals surface area contributed by atoms with Gasteiger partial charge < -0.3 is 35.4 Å².